The number of hydrogen-bond donors (Lipinski definition) is 3. The Bertz CT molecular complexity index is 1210. The fourth-order valence-electron chi connectivity index (χ4n) is 2.79. The van der Waals surface area contributed by atoms with E-state index >= 15 is 0 Å². The standard InChI is InChI=1S/C22H22N2O6S/c1-14-3-7-18(8-4-14)31(27,28)24-21-10-6-17(12-19(21)22(26)29-2)30-16-5-9-20(23)15(11-16)13-25/h3-12,24-25H,13,23H2,1-2H3. The van der Waals surface area contributed by atoms with Crippen molar-refractivity contribution in [3.63, 3.8) is 0 Å². The van der Waals surface area contributed by atoms with Gasteiger partial charge in [0, 0.05) is 11.3 Å². The maximum atomic E-state index is 12.7. The number of nitrogens with one attached hydrogen (secondary N) is 1. The Balaban J connectivity index is 1.93. The highest BCUT2D eigenvalue weighted by Gasteiger charge is 2.20. The van der Waals surface area contributed by atoms with Crippen molar-refractivity contribution in [3.8, 4) is 11.5 Å². The first-order valence-corrected chi connectivity index (χ1v) is 10.7. The molecule has 0 saturated carbocycles. The highest BCUT2D eigenvalue weighted by atomic mass is 32.2. The van der Waals surface area contributed by atoms with Crippen molar-refractivity contribution in [1.29, 1.82) is 0 Å². The van der Waals surface area contributed by atoms with Crippen LogP contribution in [0.15, 0.2) is 65.6 Å². The Morgan fingerprint density at radius 2 is 1.68 bits per heavy atom. The van der Waals surface area contributed by atoms with Crippen molar-refractivity contribution in [2.24, 2.45) is 0 Å². The van der Waals surface area contributed by atoms with E-state index in [1.165, 1.54) is 37.4 Å². The summed E-state index contributed by atoms with van der Waals surface area (Å²) >= 11 is 0. The Kier molecular flexibility index (Phi) is 6.47. The molecule has 3 aromatic rings. The first-order valence-electron chi connectivity index (χ1n) is 9.22. The summed E-state index contributed by atoms with van der Waals surface area (Å²) in [6.07, 6.45) is 0. The van der Waals surface area contributed by atoms with Crippen LogP contribution in [0.4, 0.5) is 11.4 Å². The summed E-state index contributed by atoms with van der Waals surface area (Å²) in [7, 11) is -2.72. The SMILES string of the molecule is COC(=O)c1cc(Oc2ccc(N)c(CO)c2)ccc1NS(=O)(=O)c1ccc(C)cc1. The van der Waals surface area contributed by atoms with Gasteiger partial charge in [0.1, 0.15) is 11.5 Å². The fraction of sp³-hybridized carbons (Fsp3) is 0.136. The van der Waals surface area contributed by atoms with E-state index in [1.54, 1.807) is 30.3 Å². The number of nitrogens with two attached hydrogens (primary N) is 1. The first-order chi connectivity index (χ1) is 14.7. The molecule has 0 aliphatic heterocycles. The van der Waals surface area contributed by atoms with Crippen LogP contribution < -0.4 is 15.2 Å². The third kappa shape index (κ3) is 5.14. The maximum Gasteiger partial charge on any atom is 0.340 e. The number of anilines is 2. The number of sulfonamides is 1. The number of nitrogen functional groups attached to an aromatic ring is 1. The van der Waals surface area contributed by atoms with Crippen molar-refractivity contribution >= 4 is 27.4 Å². The highest BCUT2D eigenvalue weighted by molar-refractivity contribution is 7.92. The zero-order chi connectivity index (χ0) is 22.6. The normalized spacial score (nSPS) is 11.1. The molecule has 3 rings (SSSR count). The molecule has 0 radical (unpaired) electrons. The lowest BCUT2D eigenvalue weighted by atomic mass is 10.1. The van der Waals surface area contributed by atoms with Crippen LogP contribution in [-0.4, -0.2) is 26.6 Å². The van der Waals surface area contributed by atoms with E-state index in [0.29, 0.717) is 17.0 Å². The lowest BCUT2D eigenvalue weighted by Gasteiger charge is -2.14. The summed E-state index contributed by atoms with van der Waals surface area (Å²) in [5.74, 6) is -0.0743. The number of hydrogen-bond acceptors (Lipinski definition) is 7. The maximum absolute atomic E-state index is 12.7. The lowest BCUT2D eigenvalue weighted by molar-refractivity contribution is 0.0601. The Hall–Kier alpha value is -3.56. The van der Waals surface area contributed by atoms with Crippen LogP contribution >= 0.6 is 0 Å². The summed E-state index contributed by atoms with van der Waals surface area (Å²) in [6.45, 7) is 1.60. The predicted molar refractivity (Wildman–Crippen MR) is 117 cm³/mol. The molecule has 3 aromatic carbocycles. The number of aliphatic hydroxyl groups is 1. The molecule has 9 heteroatoms. The second kappa shape index (κ2) is 9.07. The molecule has 0 heterocycles. The van der Waals surface area contributed by atoms with Crippen molar-refractivity contribution in [2.45, 2.75) is 18.4 Å². The number of carbonyl (C=O) groups is 1. The second-order valence-electron chi connectivity index (χ2n) is 6.74. The molecule has 162 valence electrons. The number of esters is 1. The Morgan fingerprint density at radius 1 is 1.03 bits per heavy atom. The van der Waals surface area contributed by atoms with Crippen LogP contribution in [0.25, 0.3) is 0 Å². The number of ether oxygens (including phenoxy) is 2. The number of aliphatic hydroxyl groups excluding tert-OH is 1. The second-order valence-corrected chi connectivity index (χ2v) is 8.42. The zero-order valence-electron chi connectivity index (χ0n) is 17.0. The minimum Gasteiger partial charge on any atom is -0.465 e. The molecular formula is C22H22N2O6S. The summed E-state index contributed by atoms with van der Waals surface area (Å²) < 4.78 is 38.4. The van der Waals surface area contributed by atoms with Gasteiger partial charge in [-0.2, -0.15) is 0 Å². The number of benzene rings is 3. The molecule has 0 unspecified atom stereocenters. The third-order valence-corrected chi connectivity index (χ3v) is 5.87. The lowest BCUT2D eigenvalue weighted by Crippen LogP contribution is -2.16. The van der Waals surface area contributed by atoms with Gasteiger partial charge in [0.25, 0.3) is 10.0 Å². The summed E-state index contributed by atoms with van der Waals surface area (Å²) in [6, 6.07) is 15.4. The highest BCUT2D eigenvalue weighted by Crippen LogP contribution is 2.30. The summed E-state index contributed by atoms with van der Waals surface area (Å²) in [5.41, 5.74) is 7.63. The molecular weight excluding hydrogens is 420 g/mol. The van der Waals surface area contributed by atoms with Crippen LogP contribution in [0.5, 0.6) is 11.5 Å². The molecule has 0 aromatic heterocycles. The van der Waals surface area contributed by atoms with Gasteiger partial charge in [-0.15, -0.1) is 0 Å². The average molecular weight is 442 g/mol. The Morgan fingerprint density at radius 3 is 2.32 bits per heavy atom. The molecule has 0 amide bonds. The zero-order valence-corrected chi connectivity index (χ0v) is 17.8. The van der Waals surface area contributed by atoms with Crippen LogP contribution in [0.1, 0.15) is 21.5 Å². The molecule has 0 aliphatic rings. The van der Waals surface area contributed by atoms with Gasteiger partial charge in [0.2, 0.25) is 0 Å². The van der Waals surface area contributed by atoms with E-state index in [-0.39, 0.29) is 28.5 Å². The Labute approximate surface area is 180 Å². The van der Waals surface area contributed by atoms with Crippen molar-refractivity contribution in [1.82, 2.24) is 0 Å². The minimum atomic E-state index is -3.92. The van der Waals surface area contributed by atoms with Crippen LogP contribution in [0, 0.1) is 6.92 Å². The monoisotopic (exact) mass is 442 g/mol. The molecule has 4 N–H and O–H groups in total. The first kappa shape index (κ1) is 22.1. The van der Waals surface area contributed by atoms with Gasteiger partial charge in [-0.05, 0) is 55.5 Å². The van der Waals surface area contributed by atoms with E-state index in [9.17, 15) is 18.3 Å². The van der Waals surface area contributed by atoms with E-state index in [4.69, 9.17) is 15.2 Å². The van der Waals surface area contributed by atoms with Gasteiger partial charge in [-0.1, -0.05) is 17.7 Å². The fourth-order valence-corrected chi connectivity index (χ4v) is 3.87. The average Bonchev–Trinajstić information content (AvgIpc) is 2.75. The smallest absolute Gasteiger partial charge is 0.340 e. The van der Waals surface area contributed by atoms with Crippen LogP contribution in [0.3, 0.4) is 0 Å². The summed E-state index contributed by atoms with van der Waals surface area (Å²) in [4.78, 5) is 12.4. The summed E-state index contributed by atoms with van der Waals surface area (Å²) in [5, 5.41) is 9.35. The number of rotatable bonds is 7. The van der Waals surface area contributed by atoms with Gasteiger partial charge in [-0.3, -0.25) is 4.72 Å². The van der Waals surface area contributed by atoms with Gasteiger partial charge in [0.15, 0.2) is 0 Å². The molecule has 8 nitrogen and oxygen atoms in total. The van der Waals surface area contributed by atoms with Crippen molar-refractivity contribution in [3.05, 3.63) is 77.4 Å². The molecule has 0 fully saturated rings. The van der Waals surface area contributed by atoms with E-state index < -0.39 is 16.0 Å². The van der Waals surface area contributed by atoms with Gasteiger partial charge >= 0.3 is 5.97 Å². The van der Waals surface area contributed by atoms with Crippen molar-refractivity contribution < 1.29 is 27.8 Å². The van der Waals surface area contributed by atoms with Gasteiger partial charge in [0.05, 0.1) is 29.9 Å². The largest absolute Gasteiger partial charge is 0.465 e. The number of methoxy groups -OCH3 is 1. The molecule has 0 spiro atoms. The van der Waals surface area contributed by atoms with E-state index in [2.05, 4.69) is 4.72 Å². The van der Waals surface area contributed by atoms with E-state index in [1.807, 2.05) is 6.92 Å². The topological polar surface area (TPSA) is 128 Å². The number of aryl methyl sites for hydroxylation is 1. The van der Waals surface area contributed by atoms with E-state index in [0.717, 1.165) is 5.56 Å². The quantitative estimate of drug-likeness (QED) is 0.378. The molecule has 0 atom stereocenters. The predicted octanol–water partition coefficient (Wildman–Crippen LogP) is 3.45. The molecule has 31 heavy (non-hydrogen) atoms. The minimum absolute atomic E-state index is 0.0199. The molecule has 0 bridgehead atoms. The van der Waals surface area contributed by atoms with Gasteiger partial charge in [-0.25, -0.2) is 13.2 Å². The van der Waals surface area contributed by atoms with Gasteiger partial charge < -0.3 is 20.3 Å². The van der Waals surface area contributed by atoms with Crippen LogP contribution in [0.2, 0.25) is 0 Å². The molecule has 0 saturated heterocycles. The molecule has 0 aliphatic carbocycles. The number of carbonyl (C=O) groups excluding carboxylic acids is 1. The van der Waals surface area contributed by atoms with Crippen molar-refractivity contribution in [2.75, 3.05) is 17.6 Å². The third-order valence-electron chi connectivity index (χ3n) is 4.49. The van der Waals surface area contributed by atoms with Crippen LogP contribution in [-0.2, 0) is 21.4 Å².